The lowest BCUT2D eigenvalue weighted by Gasteiger charge is -2.27. The molecule has 0 bridgehead atoms. The molecule has 0 radical (unpaired) electrons. The van der Waals surface area contributed by atoms with Crippen molar-refractivity contribution in [1.29, 1.82) is 0 Å². The van der Waals surface area contributed by atoms with Gasteiger partial charge in [0, 0.05) is 35.4 Å². The minimum atomic E-state index is -3.66. The second kappa shape index (κ2) is 8.57. The van der Waals surface area contributed by atoms with Gasteiger partial charge >= 0.3 is 0 Å². The van der Waals surface area contributed by atoms with Crippen LogP contribution in [0, 0.1) is 0 Å². The van der Waals surface area contributed by atoms with Gasteiger partial charge < -0.3 is 10.2 Å². The molecule has 0 saturated carbocycles. The fourth-order valence-corrected chi connectivity index (χ4v) is 4.70. The lowest BCUT2D eigenvalue weighted by molar-refractivity contribution is -0.119. The molecule has 1 heterocycles. The molecule has 0 unspecified atom stereocenters. The van der Waals surface area contributed by atoms with Gasteiger partial charge in [0.05, 0.1) is 4.90 Å². The predicted molar refractivity (Wildman–Crippen MR) is 117 cm³/mol. The highest BCUT2D eigenvalue weighted by Crippen LogP contribution is 2.24. The quantitative estimate of drug-likeness (QED) is 0.760. The fraction of sp³-hybridized carbons (Fsp3) is 0.364. The SMILES string of the molecule is CC(C)(C)NS(=O)(=O)c1ccc(C(=O)Nc2cccc(N3CCCCC3=O)c2)cc1. The second-order valence-corrected chi connectivity index (χ2v) is 10.1. The van der Waals surface area contributed by atoms with Crippen LogP contribution in [-0.4, -0.2) is 32.3 Å². The minimum absolute atomic E-state index is 0.0883. The lowest BCUT2D eigenvalue weighted by Crippen LogP contribution is -2.40. The smallest absolute Gasteiger partial charge is 0.255 e. The van der Waals surface area contributed by atoms with Crippen molar-refractivity contribution in [2.24, 2.45) is 0 Å². The van der Waals surface area contributed by atoms with Crippen LogP contribution < -0.4 is 14.9 Å². The molecule has 2 N–H and O–H groups in total. The first-order valence-electron chi connectivity index (χ1n) is 9.91. The highest BCUT2D eigenvalue weighted by molar-refractivity contribution is 7.89. The lowest BCUT2D eigenvalue weighted by atomic mass is 10.1. The third kappa shape index (κ3) is 5.46. The Morgan fingerprint density at radius 3 is 2.37 bits per heavy atom. The van der Waals surface area contributed by atoms with E-state index in [9.17, 15) is 18.0 Å². The zero-order valence-electron chi connectivity index (χ0n) is 17.4. The summed E-state index contributed by atoms with van der Waals surface area (Å²) in [4.78, 5) is 26.6. The van der Waals surface area contributed by atoms with Crippen LogP contribution in [0.3, 0.4) is 0 Å². The maximum absolute atomic E-state index is 12.6. The Balaban J connectivity index is 1.72. The molecule has 0 atom stereocenters. The van der Waals surface area contributed by atoms with Crippen molar-refractivity contribution in [1.82, 2.24) is 4.72 Å². The molecule has 2 amide bonds. The number of hydrogen-bond acceptors (Lipinski definition) is 4. The summed E-state index contributed by atoms with van der Waals surface area (Å²) in [6, 6.07) is 12.9. The van der Waals surface area contributed by atoms with E-state index in [1.807, 2.05) is 6.07 Å². The summed E-state index contributed by atoms with van der Waals surface area (Å²) in [6.07, 6.45) is 2.40. The van der Waals surface area contributed by atoms with Gasteiger partial charge in [-0.3, -0.25) is 9.59 Å². The zero-order valence-corrected chi connectivity index (χ0v) is 18.3. The van der Waals surface area contributed by atoms with Gasteiger partial charge in [-0.05, 0) is 76.1 Å². The molecule has 0 aliphatic carbocycles. The molecule has 1 aliphatic rings. The molecule has 2 aromatic rings. The number of carbonyl (C=O) groups excluding carboxylic acids is 2. The van der Waals surface area contributed by atoms with Gasteiger partial charge in [-0.25, -0.2) is 13.1 Å². The molecule has 2 aromatic carbocycles. The van der Waals surface area contributed by atoms with Gasteiger partial charge in [0.2, 0.25) is 15.9 Å². The van der Waals surface area contributed by atoms with Crippen molar-refractivity contribution in [3.8, 4) is 0 Å². The molecule has 8 heteroatoms. The molecule has 160 valence electrons. The van der Waals surface area contributed by atoms with Crippen LogP contribution >= 0.6 is 0 Å². The van der Waals surface area contributed by atoms with Crippen molar-refractivity contribution < 1.29 is 18.0 Å². The van der Waals surface area contributed by atoms with Crippen molar-refractivity contribution in [3.63, 3.8) is 0 Å². The van der Waals surface area contributed by atoms with Crippen LogP contribution in [0.25, 0.3) is 0 Å². The van der Waals surface area contributed by atoms with Crippen LogP contribution in [-0.2, 0) is 14.8 Å². The molecule has 1 aliphatic heterocycles. The van der Waals surface area contributed by atoms with Crippen LogP contribution in [0.1, 0.15) is 50.4 Å². The number of rotatable bonds is 5. The van der Waals surface area contributed by atoms with Crippen molar-refractivity contribution in [3.05, 3.63) is 54.1 Å². The van der Waals surface area contributed by atoms with E-state index in [0.717, 1.165) is 18.5 Å². The van der Waals surface area contributed by atoms with E-state index in [1.165, 1.54) is 24.3 Å². The highest BCUT2D eigenvalue weighted by atomic mass is 32.2. The van der Waals surface area contributed by atoms with E-state index in [1.54, 1.807) is 43.9 Å². The maximum atomic E-state index is 12.6. The minimum Gasteiger partial charge on any atom is -0.322 e. The van der Waals surface area contributed by atoms with Gasteiger partial charge in [-0.15, -0.1) is 0 Å². The van der Waals surface area contributed by atoms with E-state index in [4.69, 9.17) is 0 Å². The van der Waals surface area contributed by atoms with Gasteiger partial charge in [-0.2, -0.15) is 0 Å². The van der Waals surface area contributed by atoms with Gasteiger partial charge in [0.25, 0.3) is 5.91 Å². The molecule has 0 spiro atoms. The van der Waals surface area contributed by atoms with Crippen LogP contribution in [0.2, 0.25) is 0 Å². The largest absolute Gasteiger partial charge is 0.322 e. The normalized spacial score (nSPS) is 15.2. The number of anilines is 2. The van der Waals surface area contributed by atoms with Crippen LogP contribution in [0.4, 0.5) is 11.4 Å². The summed E-state index contributed by atoms with van der Waals surface area (Å²) in [5.41, 5.74) is 1.06. The third-order valence-corrected chi connectivity index (χ3v) is 6.38. The average molecular weight is 430 g/mol. The molecule has 1 fully saturated rings. The summed E-state index contributed by atoms with van der Waals surface area (Å²) in [7, 11) is -3.66. The number of hydrogen-bond donors (Lipinski definition) is 2. The van der Waals surface area contributed by atoms with E-state index in [0.29, 0.717) is 24.2 Å². The Labute approximate surface area is 177 Å². The standard InChI is InChI=1S/C22H27N3O4S/c1-22(2,3)24-30(28,29)19-12-10-16(11-13-19)21(27)23-17-7-6-8-18(15-17)25-14-5-4-9-20(25)26/h6-8,10-13,15,24H,4-5,9,14H2,1-3H3,(H,23,27). The first-order chi connectivity index (χ1) is 14.0. The van der Waals surface area contributed by atoms with E-state index >= 15 is 0 Å². The van der Waals surface area contributed by atoms with E-state index < -0.39 is 15.6 Å². The molecule has 0 aromatic heterocycles. The van der Waals surface area contributed by atoms with Crippen molar-refractivity contribution >= 4 is 33.2 Å². The number of nitrogens with zero attached hydrogens (tertiary/aromatic N) is 1. The highest BCUT2D eigenvalue weighted by Gasteiger charge is 2.22. The average Bonchev–Trinajstić information content (AvgIpc) is 2.67. The zero-order chi connectivity index (χ0) is 21.9. The summed E-state index contributed by atoms with van der Waals surface area (Å²) in [5.74, 6) is -0.268. The summed E-state index contributed by atoms with van der Waals surface area (Å²) >= 11 is 0. The first kappa shape index (κ1) is 22.0. The number of amides is 2. The number of carbonyl (C=O) groups is 2. The van der Waals surface area contributed by atoms with Crippen LogP contribution in [0.15, 0.2) is 53.4 Å². The summed E-state index contributed by atoms with van der Waals surface area (Å²) < 4.78 is 27.4. The van der Waals surface area contributed by atoms with Crippen molar-refractivity contribution in [2.75, 3.05) is 16.8 Å². The number of benzene rings is 2. The van der Waals surface area contributed by atoms with Gasteiger partial charge in [0.15, 0.2) is 0 Å². The fourth-order valence-electron chi connectivity index (χ4n) is 3.28. The maximum Gasteiger partial charge on any atom is 0.255 e. The number of sulfonamides is 1. The van der Waals surface area contributed by atoms with Crippen molar-refractivity contribution in [2.45, 2.75) is 50.5 Å². The van der Waals surface area contributed by atoms with Crippen LogP contribution in [0.5, 0.6) is 0 Å². The Morgan fingerprint density at radius 2 is 1.73 bits per heavy atom. The Morgan fingerprint density at radius 1 is 1.03 bits per heavy atom. The van der Waals surface area contributed by atoms with E-state index in [2.05, 4.69) is 10.0 Å². The molecule has 1 saturated heterocycles. The monoisotopic (exact) mass is 429 g/mol. The topological polar surface area (TPSA) is 95.6 Å². The third-order valence-electron chi connectivity index (χ3n) is 4.61. The van der Waals surface area contributed by atoms with E-state index in [-0.39, 0.29) is 16.7 Å². The summed E-state index contributed by atoms with van der Waals surface area (Å²) in [6.45, 7) is 5.96. The Bertz CT molecular complexity index is 1040. The molecular formula is C22H27N3O4S. The molecular weight excluding hydrogens is 402 g/mol. The molecule has 30 heavy (non-hydrogen) atoms. The molecule has 3 rings (SSSR count). The van der Waals surface area contributed by atoms with Gasteiger partial charge in [-0.1, -0.05) is 6.07 Å². The Kier molecular flexibility index (Phi) is 6.28. The first-order valence-corrected chi connectivity index (χ1v) is 11.4. The number of piperidine rings is 1. The predicted octanol–water partition coefficient (Wildman–Crippen LogP) is 3.53. The number of nitrogens with one attached hydrogen (secondary N) is 2. The van der Waals surface area contributed by atoms with Gasteiger partial charge in [0.1, 0.15) is 0 Å². The Hall–Kier alpha value is -2.71. The second-order valence-electron chi connectivity index (χ2n) is 8.39. The summed E-state index contributed by atoms with van der Waals surface area (Å²) in [5, 5.41) is 2.81. The molecule has 7 nitrogen and oxygen atoms in total.